The fraction of sp³-hybridized carbons (Fsp3) is 0.562. The van der Waals surface area contributed by atoms with Gasteiger partial charge >= 0.3 is 25.5 Å². The van der Waals surface area contributed by atoms with Gasteiger partial charge in [0.1, 0.15) is 6.16 Å². The van der Waals surface area contributed by atoms with Crippen molar-refractivity contribution >= 4 is 32.6 Å². The number of ether oxygens (including phenoxy) is 2. The van der Waals surface area contributed by atoms with Crippen molar-refractivity contribution in [2.24, 2.45) is 0 Å². The molecular weight excluding hydrogens is 414 g/mol. The zero-order valence-corrected chi connectivity index (χ0v) is 18.3. The molecule has 0 spiro atoms. The number of carboxylic acid groups (broad SMARTS) is 1. The minimum atomic E-state index is -3.32. The van der Waals surface area contributed by atoms with Crippen molar-refractivity contribution in [1.82, 2.24) is 0 Å². The third-order valence-corrected chi connectivity index (χ3v) is 4.86. The van der Waals surface area contributed by atoms with Crippen molar-refractivity contribution < 1.29 is 47.1 Å². The molecule has 0 aromatic heterocycles. The van der Waals surface area contributed by atoms with E-state index >= 15 is 0 Å². The Labute approximate surface area is 165 Å². The van der Waals surface area contributed by atoms with Crippen molar-refractivity contribution in [2.45, 2.75) is 6.92 Å². The van der Waals surface area contributed by atoms with Crippen LogP contribution in [0.5, 0.6) is 0 Å². The Hall–Kier alpha value is -2.09. The van der Waals surface area contributed by atoms with E-state index in [0.717, 1.165) is 0 Å². The molecule has 0 aromatic rings. The zero-order chi connectivity index (χ0) is 22.8. The molecule has 0 amide bonds. The number of carbonyl (C=O) groups excluding carboxylic acids is 2. The predicted molar refractivity (Wildman–Crippen MR) is 104 cm³/mol. The molecule has 0 aromatic carbocycles. The Bertz CT molecular complexity index is 658. The summed E-state index contributed by atoms with van der Waals surface area (Å²) < 4.78 is 39.8. The second-order valence-corrected chi connectivity index (χ2v) is 10.8. The standard InChI is InChI=1S/C7H11O5P.C5H6O2.C4H9O3P/c1-4-5-12-7(8)6-13(9,10-2)11-3;1-3-4-7-5(2)6;1-8(2,7)3-4(5)6/h1H,5-6H2,2-3H3;1H,4H2,2H3;3H2,1-2H3,(H,5,6). The molecule has 0 unspecified atom stereocenters. The molecule has 0 saturated heterocycles. The van der Waals surface area contributed by atoms with Crippen LogP contribution in [0.1, 0.15) is 6.92 Å². The summed E-state index contributed by atoms with van der Waals surface area (Å²) in [4.78, 5) is 30.6. The van der Waals surface area contributed by atoms with E-state index in [4.69, 9.17) is 18.0 Å². The molecule has 0 aliphatic carbocycles. The van der Waals surface area contributed by atoms with Gasteiger partial charge in [0.15, 0.2) is 13.2 Å². The van der Waals surface area contributed by atoms with Crippen molar-refractivity contribution in [3.63, 3.8) is 0 Å². The topological polar surface area (TPSA) is 142 Å². The number of carbonyl (C=O) groups is 3. The Morgan fingerprint density at radius 2 is 1.36 bits per heavy atom. The highest BCUT2D eigenvalue weighted by molar-refractivity contribution is 7.63. The third kappa shape index (κ3) is 26.1. The average Bonchev–Trinajstić information content (AvgIpc) is 2.56. The molecule has 0 saturated carbocycles. The summed E-state index contributed by atoms with van der Waals surface area (Å²) in [5, 5.41) is 8.08. The zero-order valence-electron chi connectivity index (χ0n) is 16.5. The monoisotopic (exact) mass is 440 g/mol. The van der Waals surface area contributed by atoms with Crippen LogP contribution in [0.4, 0.5) is 0 Å². The summed E-state index contributed by atoms with van der Waals surface area (Å²) in [6.07, 6.45) is 8.97. The Balaban J connectivity index is -0.000000359. The fourth-order valence-corrected chi connectivity index (χ4v) is 2.46. The lowest BCUT2D eigenvalue weighted by Gasteiger charge is -2.11. The lowest BCUT2D eigenvalue weighted by Crippen LogP contribution is -2.11. The Morgan fingerprint density at radius 1 is 0.929 bits per heavy atom. The van der Waals surface area contributed by atoms with Crippen LogP contribution in [0.2, 0.25) is 0 Å². The fourth-order valence-electron chi connectivity index (χ4n) is 0.999. The normalized spacial score (nSPS) is 9.82. The van der Waals surface area contributed by atoms with Gasteiger partial charge in [0.25, 0.3) is 0 Å². The van der Waals surface area contributed by atoms with E-state index in [9.17, 15) is 23.5 Å². The van der Waals surface area contributed by atoms with Gasteiger partial charge in [-0.15, -0.1) is 12.8 Å². The van der Waals surface area contributed by atoms with Gasteiger partial charge in [0, 0.05) is 21.1 Å². The number of aliphatic carboxylic acids is 1. The second kappa shape index (κ2) is 17.0. The molecule has 12 heteroatoms. The van der Waals surface area contributed by atoms with E-state index in [1.807, 2.05) is 0 Å². The van der Waals surface area contributed by atoms with Crippen LogP contribution in [0.25, 0.3) is 0 Å². The van der Waals surface area contributed by atoms with Gasteiger partial charge in [-0.05, 0) is 13.3 Å². The largest absolute Gasteiger partial charge is 0.481 e. The minimum Gasteiger partial charge on any atom is -0.481 e. The maximum atomic E-state index is 11.3. The Kier molecular flexibility index (Phi) is 18.6. The van der Waals surface area contributed by atoms with Crippen molar-refractivity contribution in [3.05, 3.63) is 0 Å². The summed E-state index contributed by atoms with van der Waals surface area (Å²) in [5.41, 5.74) is 0. The van der Waals surface area contributed by atoms with E-state index in [1.165, 1.54) is 34.5 Å². The van der Waals surface area contributed by atoms with Gasteiger partial charge < -0.3 is 28.2 Å². The Morgan fingerprint density at radius 3 is 1.57 bits per heavy atom. The number of rotatable bonds is 8. The summed E-state index contributed by atoms with van der Waals surface area (Å²) in [5.74, 6) is 2.24. The first kappa shape index (κ1) is 30.6. The first-order chi connectivity index (χ1) is 12.8. The van der Waals surface area contributed by atoms with Crippen molar-refractivity contribution in [1.29, 1.82) is 0 Å². The molecule has 0 atom stereocenters. The van der Waals surface area contributed by atoms with E-state index in [-0.39, 0.29) is 25.3 Å². The number of carboxylic acids is 1. The number of hydrogen-bond donors (Lipinski definition) is 1. The van der Waals surface area contributed by atoms with E-state index in [0.29, 0.717) is 0 Å². The maximum absolute atomic E-state index is 11.3. The first-order valence-electron chi connectivity index (χ1n) is 7.39. The molecule has 0 radical (unpaired) electrons. The highest BCUT2D eigenvalue weighted by Crippen LogP contribution is 2.45. The van der Waals surface area contributed by atoms with Crippen LogP contribution >= 0.6 is 14.7 Å². The number of hydrogen-bond acceptors (Lipinski definition) is 9. The smallest absolute Gasteiger partial charge is 0.341 e. The van der Waals surface area contributed by atoms with Gasteiger partial charge in [-0.3, -0.25) is 18.9 Å². The summed E-state index contributed by atoms with van der Waals surface area (Å²) >= 11 is 0. The molecule has 0 aliphatic rings. The molecule has 160 valence electrons. The van der Waals surface area contributed by atoms with Crippen LogP contribution in [-0.2, 0) is 42.0 Å². The molecular formula is C16H26O10P2. The average molecular weight is 440 g/mol. The summed E-state index contributed by atoms with van der Waals surface area (Å²) in [6.45, 7) is 4.17. The van der Waals surface area contributed by atoms with E-state index in [2.05, 4.69) is 30.4 Å². The summed E-state index contributed by atoms with van der Waals surface area (Å²) in [6, 6.07) is 0. The van der Waals surface area contributed by atoms with Gasteiger partial charge in [0.05, 0.1) is 13.3 Å². The molecule has 0 fully saturated rings. The van der Waals surface area contributed by atoms with Gasteiger partial charge in [0.2, 0.25) is 0 Å². The molecule has 0 bridgehead atoms. The highest BCUT2D eigenvalue weighted by Gasteiger charge is 2.26. The summed E-state index contributed by atoms with van der Waals surface area (Å²) in [7, 11) is -3.26. The lowest BCUT2D eigenvalue weighted by atomic mass is 10.7. The van der Waals surface area contributed by atoms with E-state index in [1.54, 1.807) is 0 Å². The molecule has 0 rings (SSSR count). The molecule has 10 nitrogen and oxygen atoms in total. The number of terminal acetylenes is 2. The van der Waals surface area contributed by atoms with Crippen LogP contribution < -0.4 is 0 Å². The maximum Gasteiger partial charge on any atom is 0.341 e. The van der Waals surface area contributed by atoms with Gasteiger partial charge in [-0.1, -0.05) is 11.8 Å². The quantitative estimate of drug-likeness (QED) is 0.335. The first-order valence-corrected chi connectivity index (χ1v) is 11.9. The molecule has 0 aliphatic heterocycles. The second-order valence-electron chi connectivity index (χ2n) is 5.11. The van der Waals surface area contributed by atoms with Crippen LogP contribution in [-0.4, -0.2) is 76.1 Å². The molecule has 1 N–H and O–H groups in total. The third-order valence-electron chi connectivity index (χ3n) is 2.07. The van der Waals surface area contributed by atoms with Crippen LogP contribution in [0.15, 0.2) is 0 Å². The SMILES string of the molecule is C#CCOC(=O)CP(=O)(OC)OC.C#CCOC(C)=O.CP(C)(=O)CC(=O)O. The molecule has 28 heavy (non-hydrogen) atoms. The predicted octanol–water partition coefficient (Wildman–Crippen LogP) is 1.53. The van der Waals surface area contributed by atoms with Gasteiger partial charge in [-0.2, -0.15) is 0 Å². The highest BCUT2D eigenvalue weighted by atomic mass is 31.2. The minimum absolute atomic E-state index is 0.0787. The number of esters is 2. The lowest BCUT2D eigenvalue weighted by molar-refractivity contribution is -0.140. The van der Waals surface area contributed by atoms with Gasteiger partial charge in [-0.25, -0.2) is 0 Å². The van der Waals surface area contributed by atoms with Crippen LogP contribution in [0, 0.1) is 24.7 Å². The van der Waals surface area contributed by atoms with E-state index < -0.39 is 32.8 Å². The van der Waals surface area contributed by atoms with Crippen molar-refractivity contribution in [3.8, 4) is 24.7 Å². The van der Waals surface area contributed by atoms with Crippen LogP contribution in [0.3, 0.4) is 0 Å². The molecule has 0 heterocycles. The van der Waals surface area contributed by atoms with Crippen molar-refractivity contribution in [2.75, 3.05) is 53.1 Å².